The molecule has 0 bridgehead atoms. The van der Waals surface area contributed by atoms with Gasteiger partial charge in [-0.25, -0.2) is 0 Å². The molecule has 1 aliphatic carbocycles. The number of aliphatic hydroxyl groups excluding tert-OH is 1. The lowest BCUT2D eigenvalue weighted by Gasteiger charge is -2.22. The minimum absolute atomic E-state index is 0.0446. The minimum Gasteiger partial charge on any atom is -0.395 e. The van der Waals surface area contributed by atoms with Gasteiger partial charge in [0.1, 0.15) is 0 Å². The van der Waals surface area contributed by atoms with Crippen molar-refractivity contribution in [3.8, 4) is 0 Å². The molecule has 1 aromatic rings. The highest BCUT2D eigenvalue weighted by atomic mass is 16.3. The molecule has 0 saturated heterocycles. The van der Waals surface area contributed by atoms with Gasteiger partial charge in [0.25, 0.3) is 0 Å². The molecule has 0 aromatic heterocycles. The van der Waals surface area contributed by atoms with Crippen molar-refractivity contribution in [3.63, 3.8) is 0 Å². The van der Waals surface area contributed by atoms with Crippen molar-refractivity contribution in [2.24, 2.45) is 5.41 Å². The highest BCUT2D eigenvalue weighted by Gasteiger charge is 2.43. The Morgan fingerprint density at radius 1 is 1.43 bits per heavy atom. The van der Waals surface area contributed by atoms with Crippen LogP contribution < -0.4 is 0 Å². The number of fused-ring (bicyclic) bond motifs is 1. The molecular weight excluding hydrogens is 176 g/mol. The second-order valence-electron chi connectivity index (χ2n) is 3.96. The van der Waals surface area contributed by atoms with E-state index < -0.39 is 5.41 Å². The largest absolute Gasteiger partial charge is 0.395 e. The summed E-state index contributed by atoms with van der Waals surface area (Å²) < 4.78 is 0. The maximum Gasteiger partial charge on any atom is 0.171 e. The Balaban J connectivity index is 2.47. The van der Waals surface area contributed by atoms with Gasteiger partial charge in [0.05, 0.1) is 12.0 Å². The number of benzene rings is 1. The first-order valence-electron chi connectivity index (χ1n) is 4.97. The van der Waals surface area contributed by atoms with Crippen molar-refractivity contribution >= 4 is 5.78 Å². The van der Waals surface area contributed by atoms with Gasteiger partial charge >= 0.3 is 0 Å². The normalized spacial score (nSPS) is 25.1. The van der Waals surface area contributed by atoms with Crippen molar-refractivity contribution in [1.29, 1.82) is 0 Å². The van der Waals surface area contributed by atoms with Gasteiger partial charge in [0, 0.05) is 5.56 Å². The molecule has 0 aliphatic heterocycles. The number of carbonyl (C=O) groups is 1. The van der Waals surface area contributed by atoms with E-state index >= 15 is 0 Å². The van der Waals surface area contributed by atoms with Crippen LogP contribution in [0.2, 0.25) is 0 Å². The summed E-state index contributed by atoms with van der Waals surface area (Å²) in [5.41, 5.74) is 1.33. The Morgan fingerprint density at radius 3 is 2.71 bits per heavy atom. The summed E-state index contributed by atoms with van der Waals surface area (Å²) in [6.45, 7) is 1.91. The minimum atomic E-state index is -0.538. The summed E-state index contributed by atoms with van der Waals surface area (Å²) in [5.74, 6) is 0.109. The average Bonchev–Trinajstić information content (AvgIpc) is 2.53. The summed E-state index contributed by atoms with van der Waals surface area (Å²) in [6.07, 6.45) is 1.39. The van der Waals surface area contributed by atoms with Crippen LogP contribution in [0.1, 0.15) is 29.3 Å². The first kappa shape index (κ1) is 9.41. The van der Waals surface area contributed by atoms with Gasteiger partial charge in [0.2, 0.25) is 0 Å². The molecule has 2 rings (SSSR count). The monoisotopic (exact) mass is 190 g/mol. The van der Waals surface area contributed by atoms with E-state index in [1.165, 1.54) is 0 Å². The number of rotatable bonds is 2. The third kappa shape index (κ3) is 1.11. The van der Waals surface area contributed by atoms with Gasteiger partial charge in [0.15, 0.2) is 5.78 Å². The molecule has 0 heterocycles. The summed E-state index contributed by atoms with van der Waals surface area (Å²) in [7, 11) is 0. The Morgan fingerprint density at radius 2 is 2.14 bits per heavy atom. The molecule has 1 aliphatic rings. The lowest BCUT2D eigenvalue weighted by Crippen LogP contribution is -2.31. The maximum absolute atomic E-state index is 12.0. The second-order valence-corrected chi connectivity index (χ2v) is 3.96. The fourth-order valence-electron chi connectivity index (χ4n) is 2.15. The van der Waals surface area contributed by atoms with Crippen molar-refractivity contribution in [2.75, 3.05) is 6.61 Å². The van der Waals surface area contributed by atoms with Crippen LogP contribution in [0.3, 0.4) is 0 Å². The number of hydrogen-bond acceptors (Lipinski definition) is 2. The molecule has 14 heavy (non-hydrogen) atoms. The standard InChI is InChI=1S/C12H14O2/c1-2-12(8-13)7-9-5-3-4-6-10(9)11(12)14/h3-6,13H,2,7-8H2,1H3/t12-/m1/s1. The van der Waals surface area contributed by atoms with Crippen LogP contribution >= 0.6 is 0 Å². The molecule has 1 aromatic carbocycles. The summed E-state index contributed by atoms with van der Waals surface area (Å²) in [4.78, 5) is 12.0. The molecular formula is C12H14O2. The molecule has 1 atom stereocenters. The third-order valence-electron chi connectivity index (χ3n) is 3.25. The van der Waals surface area contributed by atoms with Gasteiger partial charge in [-0.1, -0.05) is 31.2 Å². The van der Waals surface area contributed by atoms with E-state index in [0.29, 0.717) is 12.8 Å². The van der Waals surface area contributed by atoms with E-state index in [9.17, 15) is 9.90 Å². The molecule has 2 heteroatoms. The topological polar surface area (TPSA) is 37.3 Å². The fourth-order valence-corrected chi connectivity index (χ4v) is 2.15. The van der Waals surface area contributed by atoms with Crippen LogP contribution in [0.4, 0.5) is 0 Å². The molecule has 0 spiro atoms. The second kappa shape index (κ2) is 3.21. The van der Waals surface area contributed by atoms with Crippen molar-refractivity contribution in [3.05, 3.63) is 35.4 Å². The van der Waals surface area contributed by atoms with Crippen molar-refractivity contribution in [2.45, 2.75) is 19.8 Å². The van der Waals surface area contributed by atoms with Crippen LogP contribution in [-0.4, -0.2) is 17.5 Å². The van der Waals surface area contributed by atoms with E-state index in [1.54, 1.807) is 0 Å². The van der Waals surface area contributed by atoms with Crippen LogP contribution in [0.15, 0.2) is 24.3 Å². The van der Waals surface area contributed by atoms with Crippen LogP contribution in [0.25, 0.3) is 0 Å². The molecule has 2 nitrogen and oxygen atoms in total. The van der Waals surface area contributed by atoms with Crippen LogP contribution in [0, 0.1) is 5.41 Å². The molecule has 0 unspecified atom stereocenters. The highest BCUT2D eigenvalue weighted by molar-refractivity contribution is 6.04. The zero-order valence-electron chi connectivity index (χ0n) is 8.29. The van der Waals surface area contributed by atoms with Crippen molar-refractivity contribution < 1.29 is 9.90 Å². The molecule has 74 valence electrons. The van der Waals surface area contributed by atoms with E-state index in [1.807, 2.05) is 31.2 Å². The van der Waals surface area contributed by atoms with Gasteiger partial charge in [-0.15, -0.1) is 0 Å². The number of ketones is 1. The quantitative estimate of drug-likeness (QED) is 0.772. The Kier molecular flexibility index (Phi) is 2.16. The van der Waals surface area contributed by atoms with Gasteiger partial charge in [-0.2, -0.15) is 0 Å². The number of aliphatic hydroxyl groups is 1. The molecule has 1 N–H and O–H groups in total. The lowest BCUT2D eigenvalue weighted by molar-refractivity contribution is 0.0667. The zero-order chi connectivity index (χ0) is 10.2. The third-order valence-corrected chi connectivity index (χ3v) is 3.25. The molecule has 0 amide bonds. The summed E-state index contributed by atoms with van der Waals surface area (Å²) >= 11 is 0. The first-order chi connectivity index (χ1) is 6.73. The maximum atomic E-state index is 12.0. The Bertz CT molecular complexity index is 364. The number of hydrogen-bond donors (Lipinski definition) is 1. The van der Waals surface area contributed by atoms with Gasteiger partial charge in [-0.05, 0) is 18.4 Å². The highest BCUT2D eigenvalue weighted by Crippen LogP contribution is 2.38. The summed E-state index contributed by atoms with van der Waals surface area (Å²) in [6, 6.07) is 7.64. The van der Waals surface area contributed by atoms with E-state index in [0.717, 1.165) is 11.1 Å². The van der Waals surface area contributed by atoms with Crippen LogP contribution in [0.5, 0.6) is 0 Å². The van der Waals surface area contributed by atoms with Gasteiger partial charge in [-0.3, -0.25) is 4.79 Å². The molecule has 0 saturated carbocycles. The Hall–Kier alpha value is -1.15. The van der Waals surface area contributed by atoms with E-state index in [4.69, 9.17) is 0 Å². The predicted molar refractivity (Wildman–Crippen MR) is 54.3 cm³/mol. The number of carbonyl (C=O) groups excluding carboxylic acids is 1. The van der Waals surface area contributed by atoms with Crippen molar-refractivity contribution in [1.82, 2.24) is 0 Å². The predicted octanol–water partition coefficient (Wildman–Crippen LogP) is 1.81. The van der Waals surface area contributed by atoms with Gasteiger partial charge < -0.3 is 5.11 Å². The zero-order valence-corrected chi connectivity index (χ0v) is 8.29. The van der Waals surface area contributed by atoms with E-state index in [-0.39, 0.29) is 12.4 Å². The first-order valence-corrected chi connectivity index (χ1v) is 4.97. The van der Waals surface area contributed by atoms with Crippen LogP contribution in [-0.2, 0) is 6.42 Å². The van der Waals surface area contributed by atoms with E-state index in [2.05, 4.69) is 0 Å². The molecule has 0 radical (unpaired) electrons. The molecule has 0 fully saturated rings. The SMILES string of the molecule is CC[C@]1(CO)Cc2ccccc2C1=O. The number of Topliss-reactive ketones (excluding diaryl/α,β-unsaturated/α-hetero) is 1. The fraction of sp³-hybridized carbons (Fsp3) is 0.417. The Labute approximate surface area is 83.6 Å². The smallest absolute Gasteiger partial charge is 0.171 e. The summed E-state index contributed by atoms with van der Waals surface area (Å²) in [5, 5.41) is 9.34. The lowest BCUT2D eigenvalue weighted by atomic mass is 9.82. The average molecular weight is 190 g/mol.